The number of ether oxygens (including phenoxy) is 2. The average Bonchev–Trinajstić information content (AvgIpc) is 2.67. The monoisotopic (exact) mass is 532 g/mol. The van der Waals surface area contributed by atoms with Crippen LogP contribution in [0.4, 0.5) is 4.79 Å². The number of alkyl carbamates (subject to hydrolysis) is 1. The van der Waals surface area contributed by atoms with Gasteiger partial charge in [0.15, 0.2) is 5.96 Å². The van der Waals surface area contributed by atoms with Crippen molar-refractivity contribution in [3.05, 3.63) is 35.4 Å². The molecule has 0 radical (unpaired) electrons. The quantitative estimate of drug-likeness (QED) is 0.227. The Labute approximate surface area is 197 Å². The van der Waals surface area contributed by atoms with Gasteiger partial charge in [-0.25, -0.2) is 4.79 Å². The van der Waals surface area contributed by atoms with E-state index in [1.54, 1.807) is 7.05 Å². The van der Waals surface area contributed by atoms with Crippen molar-refractivity contribution in [3.63, 3.8) is 0 Å². The number of nitrogens with one attached hydrogen (secondary N) is 3. The summed E-state index contributed by atoms with van der Waals surface area (Å²) in [6, 6.07) is 8.58. The molecule has 0 aliphatic carbocycles. The number of benzene rings is 1. The van der Waals surface area contributed by atoms with E-state index in [1.807, 2.05) is 20.8 Å². The molecule has 2 rings (SSSR count). The highest BCUT2D eigenvalue weighted by Crippen LogP contribution is 2.36. The fourth-order valence-electron chi connectivity index (χ4n) is 3.60. The van der Waals surface area contributed by atoms with Crippen molar-refractivity contribution in [2.45, 2.75) is 51.6 Å². The van der Waals surface area contributed by atoms with E-state index < -0.39 is 11.7 Å². The Kier molecular flexibility index (Phi) is 10.9. The van der Waals surface area contributed by atoms with Gasteiger partial charge in [-0.15, -0.1) is 24.0 Å². The van der Waals surface area contributed by atoms with Gasteiger partial charge in [-0.05, 0) is 51.7 Å². The summed E-state index contributed by atoms with van der Waals surface area (Å²) in [5.41, 5.74) is 2.21. The Bertz CT molecular complexity index is 698. The van der Waals surface area contributed by atoms with Gasteiger partial charge in [-0.2, -0.15) is 0 Å². The van der Waals surface area contributed by atoms with Crippen molar-refractivity contribution in [2.24, 2.45) is 4.99 Å². The molecule has 0 unspecified atom stereocenters. The number of halogens is 1. The molecule has 0 spiro atoms. The summed E-state index contributed by atoms with van der Waals surface area (Å²) in [6.45, 7) is 11.0. The van der Waals surface area contributed by atoms with Crippen molar-refractivity contribution >= 4 is 36.0 Å². The Hall–Kier alpha value is -1.55. The van der Waals surface area contributed by atoms with Crippen LogP contribution in [-0.2, 0) is 14.9 Å². The first-order chi connectivity index (χ1) is 13.8. The van der Waals surface area contributed by atoms with Crippen molar-refractivity contribution < 1.29 is 14.3 Å². The molecule has 1 aliphatic heterocycles. The lowest BCUT2D eigenvalue weighted by atomic mass is 9.72. The second kappa shape index (κ2) is 12.3. The summed E-state index contributed by atoms with van der Waals surface area (Å²) < 4.78 is 10.9. The maximum Gasteiger partial charge on any atom is 0.407 e. The molecule has 3 N–H and O–H groups in total. The number of guanidine groups is 1. The maximum absolute atomic E-state index is 11.7. The summed E-state index contributed by atoms with van der Waals surface area (Å²) in [5, 5.41) is 9.46. The highest BCUT2D eigenvalue weighted by molar-refractivity contribution is 14.0. The number of carbonyl (C=O) groups excluding carboxylic acids is 1. The molecule has 1 heterocycles. The summed E-state index contributed by atoms with van der Waals surface area (Å²) in [7, 11) is 1.75. The largest absolute Gasteiger partial charge is 0.444 e. The third kappa shape index (κ3) is 8.29. The molecule has 1 fully saturated rings. The SMILES string of the molecule is CN=C(NCCNC(=O)OC(C)(C)C)NCC1(c2ccccc2C)CCOCC1.I. The van der Waals surface area contributed by atoms with E-state index >= 15 is 0 Å². The van der Waals surface area contributed by atoms with E-state index in [0.29, 0.717) is 13.1 Å². The Balaban J connectivity index is 0.00000450. The van der Waals surface area contributed by atoms with Crippen LogP contribution < -0.4 is 16.0 Å². The molecule has 30 heavy (non-hydrogen) atoms. The minimum absolute atomic E-state index is 0. The van der Waals surface area contributed by atoms with Crippen LogP contribution in [0.1, 0.15) is 44.7 Å². The number of rotatable bonds is 6. The highest BCUT2D eigenvalue weighted by atomic mass is 127. The molecule has 1 aromatic rings. The first kappa shape index (κ1) is 26.5. The minimum atomic E-state index is -0.497. The second-order valence-electron chi connectivity index (χ2n) is 8.49. The fraction of sp³-hybridized carbons (Fsp3) is 0.636. The minimum Gasteiger partial charge on any atom is -0.444 e. The lowest BCUT2D eigenvalue weighted by Crippen LogP contribution is -2.49. The molecule has 1 aromatic carbocycles. The molecule has 1 aliphatic rings. The van der Waals surface area contributed by atoms with Crippen molar-refractivity contribution in [2.75, 3.05) is 39.9 Å². The average molecular weight is 532 g/mol. The number of hydrogen-bond acceptors (Lipinski definition) is 4. The normalized spacial score (nSPS) is 16.2. The Morgan fingerprint density at radius 2 is 1.77 bits per heavy atom. The van der Waals surface area contributed by atoms with Crippen LogP contribution in [-0.4, -0.2) is 57.5 Å². The molecule has 0 aromatic heterocycles. The molecular formula is C22H37IN4O3. The van der Waals surface area contributed by atoms with Crippen molar-refractivity contribution in [1.82, 2.24) is 16.0 Å². The molecule has 0 atom stereocenters. The van der Waals surface area contributed by atoms with E-state index in [0.717, 1.165) is 38.6 Å². The van der Waals surface area contributed by atoms with Gasteiger partial charge in [0.05, 0.1) is 0 Å². The maximum atomic E-state index is 11.7. The predicted octanol–water partition coefficient (Wildman–Crippen LogP) is 3.35. The molecule has 0 saturated carbocycles. The zero-order chi connectivity index (χ0) is 21.3. The number of aryl methyl sites for hydroxylation is 1. The van der Waals surface area contributed by atoms with Gasteiger partial charge in [0.1, 0.15) is 5.60 Å². The lowest BCUT2D eigenvalue weighted by molar-refractivity contribution is 0.0511. The van der Waals surface area contributed by atoms with E-state index in [1.165, 1.54) is 11.1 Å². The van der Waals surface area contributed by atoms with E-state index in [-0.39, 0.29) is 29.4 Å². The van der Waals surface area contributed by atoms with Crippen LogP contribution in [0.25, 0.3) is 0 Å². The molecule has 0 bridgehead atoms. The zero-order valence-corrected chi connectivity index (χ0v) is 21.2. The predicted molar refractivity (Wildman–Crippen MR) is 132 cm³/mol. The smallest absolute Gasteiger partial charge is 0.407 e. The van der Waals surface area contributed by atoms with Crippen LogP contribution in [0.15, 0.2) is 29.3 Å². The third-order valence-corrected chi connectivity index (χ3v) is 5.07. The van der Waals surface area contributed by atoms with E-state index in [4.69, 9.17) is 9.47 Å². The topological polar surface area (TPSA) is 84.0 Å². The first-order valence-corrected chi connectivity index (χ1v) is 10.3. The summed E-state index contributed by atoms with van der Waals surface area (Å²) in [6.07, 6.45) is 1.53. The van der Waals surface area contributed by atoms with Gasteiger partial charge >= 0.3 is 6.09 Å². The number of aliphatic imine (C=N–C) groups is 1. The Morgan fingerprint density at radius 3 is 2.37 bits per heavy atom. The number of carbonyl (C=O) groups is 1. The van der Waals surface area contributed by atoms with E-state index in [2.05, 4.69) is 52.1 Å². The molecule has 7 nitrogen and oxygen atoms in total. The van der Waals surface area contributed by atoms with Crippen LogP contribution in [0.3, 0.4) is 0 Å². The van der Waals surface area contributed by atoms with E-state index in [9.17, 15) is 4.79 Å². The molecule has 8 heteroatoms. The van der Waals surface area contributed by atoms with Crippen molar-refractivity contribution in [3.8, 4) is 0 Å². The number of hydrogen-bond donors (Lipinski definition) is 3. The Morgan fingerprint density at radius 1 is 1.13 bits per heavy atom. The zero-order valence-electron chi connectivity index (χ0n) is 18.8. The van der Waals surface area contributed by atoms with Gasteiger partial charge in [-0.3, -0.25) is 4.99 Å². The number of amides is 1. The third-order valence-electron chi connectivity index (χ3n) is 5.07. The van der Waals surface area contributed by atoms with Crippen LogP contribution in [0.2, 0.25) is 0 Å². The summed E-state index contributed by atoms with van der Waals surface area (Å²) in [5.74, 6) is 0.718. The van der Waals surface area contributed by atoms with Gasteiger partial charge < -0.3 is 25.4 Å². The standard InChI is InChI=1S/C22H36N4O3.HI/c1-17-8-6-7-9-18(17)22(10-14-28-15-11-22)16-26-19(23-5)24-12-13-25-20(27)29-21(2,3)4;/h6-9H,10-16H2,1-5H3,(H,25,27)(H2,23,24,26);1H. The summed E-state index contributed by atoms with van der Waals surface area (Å²) in [4.78, 5) is 16.0. The number of nitrogens with zero attached hydrogens (tertiary/aromatic N) is 1. The lowest BCUT2D eigenvalue weighted by Gasteiger charge is -2.39. The van der Waals surface area contributed by atoms with Gasteiger partial charge in [0.2, 0.25) is 0 Å². The molecule has 170 valence electrons. The van der Waals surface area contributed by atoms with Crippen LogP contribution in [0, 0.1) is 6.92 Å². The van der Waals surface area contributed by atoms with Crippen molar-refractivity contribution in [1.29, 1.82) is 0 Å². The van der Waals surface area contributed by atoms with Gasteiger partial charge in [0.25, 0.3) is 0 Å². The van der Waals surface area contributed by atoms with Crippen LogP contribution >= 0.6 is 24.0 Å². The molecule has 1 saturated heterocycles. The van der Waals surface area contributed by atoms with Gasteiger partial charge in [-0.1, -0.05) is 24.3 Å². The molecular weight excluding hydrogens is 495 g/mol. The van der Waals surface area contributed by atoms with Crippen LogP contribution in [0.5, 0.6) is 0 Å². The first-order valence-electron chi connectivity index (χ1n) is 10.3. The van der Waals surface area contributed by atoms with Gasteiger partial charge in [0, 0.05) is 45.3 Å². The second-order valence-corrected chi connectivity index (χ2v) is 8.49. The highest BCUT2D eigenvalue weighted by Gasteiger charge is 2.35. The summed E-state index contributed by atoms with van der Waals surface area (Å²) >= 11 is 0. The molecule has 1 amide bonds. The fourth-order valence-corrected chi connectivity index (χ4v) is 3.60.